The van der Waals surface area contributed by atoms with Gasteiger partial charge in [-0.1, -0.05) is 66.2 Å². The van der Waals surface area contributed by atoms with Gasteiger partial charge >= 0.3 is 6.18 Å². The van der Waals surface area contributed by atoms with E-state index < -0.39 is 22.9 Å². The predicted molar refractivity (Wildman–Crippen MR) is 153 cm³/mol. The van der Waals surface area contributed by atoms with Crippen LogP contribution in [0.15, 0.2) is 108 Å². The highest BCUT2D eigenvalue weighted by atomic mass is 19.4. The van der Waals surface area contributed by atoms with E-state index in [1.165, 1.54) is 10.6 Å². The van der Waals surface area contributed by atoms with Gasteiger partial charge in [0.15, 0.2) is 0 Å². The van der Waals surface area contributed by atoms with Crippen molar-refractivity contribution < 1.29 is 17.9 Å². The molecule has 0 bridgehead atoms. The van der Waals surface area contributed by atoms with Crippen molar-refractivity contribution in [3.63, 3.8) is 0 Å². The van der Waals surface area contributed by atoms with Gasteiger partial charge in [-0.3, -0.25) is 4.79 Å². The van der Waals surface area contributed by atoms with Crippen LogP contribution in [0.4, 0.5) is 13.2 Å². The Kier molecular flexibility index (Phi) is 7.50. The number of hydrogen-bond donors (Lipinski definition) is 0. The lowest BCUT2D eigenvalue weighted by molar-refractivity contribution is -0.137. The van der Waals surface area contributed by atoms with Crippen molar-refractivity contribution >= 4 is 0 Å². The molecule has 1 heterocycles. The molecule has 4 aromatic carbocycles. The minimum absolute atomic E-state index is 0.0130. The number of benzene rings is 4. The van der Waals surface area contributed by atoms with Crippen LogP contribution < -0.4 is 10.3 Å². The lowest BCUT2D eigenvalue weighted by Gasteiger charge is -2.19. The highest BCUT2D eigenvalue weighted by molar-refractivity contribution is 5.65. The molecule has 0 saturated heterocycles. The normalized spacial score (nSPS) is 11.2. The number of aryl methyl sites for hydroxylation is 2. The maximum Gasteiger partial charge on any atom is 0.417 e. The minimum atomic E-state index is -4.87. The third-order valence-corrected chi connectivity index (χ3v) is 6.89. The molecule has 0 unspecified atom stereocenters. The van der Waals surface area contributed by atoms with Gasteiger partial charge in [0, 0.05) is 0 Å². The Hall–Kier alpha value is -5.09. The van der Waals surface area contributed by atoms with Gasteiger partial charge in [0.25, 0.3) is 5.56 Å². The molecule has 0 saturated carbocycles. The summed E-state index contributed by atoms with van der Waals surface area (Å²) in [6, 6.07) is 32.0. The standard InChI is InChI=1S/C34H25F3N2O2/c1-22-8-9-27(23(2)18-22)21-39-32(19-31(34(35,36)37)30(20-38)33(39)40)26-12-16-29(17-13-26)41-28-14-10-25(11-15-28)24-6-4-3-5-7-24/h3-19H,21H2,1-2H3. The van der Waals surface area contributed by atoms with E-state index in [9.17, 15) is 23.2 Å². The molecule has 0 spiro atoms. The molecule has 0 radical (unpaired) electrons. The molecule has 5 rings (SSSR count). The summed E-state index contributed by atoms with van der Waals surface area (Å²) >= 11 is 0. The van der Waals surface area contributed by atoms with E-state index in [-0.39, 0.29) is 12.2 Å². The van der Waals surface area contributed by atoms with Crippen LogP contribution in [0.25, 0.3) is 22.4 Å². The first-order valence-corrected chi connectivity index (χ1v) is 12.9. The number of hydrogen-bond acceptors (Lipinski definition) is 3. The second kappa shape index (κ2) is 11.2. The van der Waals surface area contributed by atoms with Crippen LogP contribution in [0, 0.1) is 25.2 Å². The molecule has 0 fully saturated rings. The van der Waals surface area contributed by atoms with E-state index in [4.69, 9.17) is 4.74 Å². The highest BCUT2D eigenvalue weighted by Crippen LogP contribution is 2.35. The van der Waals surface area contributed by atoms with Crippen molar-refractivity contribution in [2.45, 2.75) is 26.6 Å². The molecular formula is C34H25F3N2O2. The fraction of sp³-hybridized carbons (Fsp3) is 0.118. The molecule has 0 aliphatic heterocycles. The molecule has 0 aliphatic carbocycles. The van der Waals surface area contributed by atoms with Crippen molar-refractivity contribution in [2.75, 3.05) is 0 Å². The summed E-state index contributed by atoms with van der Waals surface area (Å²) in [5.41, 5.74) is 2.07. The third-order valence-electron chi connectivity index (χ3n) is 6.89. The largest absolute Gasteiger partial charge is 0.457 e. The maximum absolute atomic E-state index is 13.9. The summed E-state index contributed by atoms with van der Waals surface area (Å²) < 4.78 is 48.9. The van der Waals surface area contributed by atoms with E-state index in [1.807, 2.05) is 86.6 Å². The summed E-state index contributed by atoms with van der Waals surface area (Å²) in [4.78, 5) is 13.3. The lowest BCUT2D eigenvalue weighted by atomic mass is 10.0. The number of aromatic nitrogens is 1. The predicted octanol–water partition coefficient (Wildman–Crippen LogP) is 8.53. The van der Waals surface area contributed by atoms with Crippen molar-refractivity contribution in [3.8, 4) is 40.0 Å². The highest BCUT2D eigenvalue weighted by Gasteiger charge is 2.36. The molecule has 0 atom stereocenters. The molecule has 0 amide bonds. The minimum Gasteiger partial charge on any atom is -0.457 e. The van der Waals surface area contributed by atoms with Gasteiger partial charge in [-0.05, 0) is 84.1 Å². The van der Waals surface area contributed by atoms with Crippen molar-refractivity contribution in [2.24, 2.45) is 0 Å². The first-order chi connectivity index (χ1) is 19.6. The molecular weight excluding hydrogens is 525 g/mol. The van der Waals surface area contributed by atoms with Crippen molar-refractivity contribution in [3.05, 3.63) is 141 Å². The van der Waals surface area contributed by atoms with Crippen LogP contribution in [0.3, 0.4) is 0 Å². The average Bonchev–Trinajstić information content (AvgIpc) is 2.96. The third kappa shape index (κ3) is 5.92. The maximum atomic E-state index is 13.9. The zero-order chi connectivity index (χ0) is 29.1. The fourth-order valence-electron chi connectivity index (χ4n) is 4.74. The number of nitrogens with zero attached hydrogens (tertiary/aromatic N) is 2. The van der Waals surface area contributed by atoms with Gasteiger partial charge in [-0.25, -0.2) is 0 Å². The van der Waals surface area contributed by atoms with Gasteiger partial charge in [0.05, 0.1) is 17.8 Å². The Labute approximate surface area is 235 Å². The number of halogens is 3. The smallest absolute Gasteiger partial charge is 0.417 e. The average molecular weight is 551 g/mol. The van der Waals surface area contributed by atoms with Crippen LogP contribution in [0.5, 0.6) is 11.5 Å². The Morgan fingerprint density at radius 3 is 1.93 bits per heavy atom. The lowest BCUT2D eigenvalue weighted by Crippen LogP contribution is -2.29. The number of ether oxygens (including phenoxy) is 1. The van der Waals surface area contributed by atoms with Gasteiger partial charge in [0.1, 0.15) is 23.1 Å². The summed E-state index contributed by atoms with van der Waals surface area (Å²) in [6.45, 7) is 3.82. The molecule has 7 heteroatoms. The second-order valence-electron chi connectivity index (χ2n) is 9.77. The van der Waals surface area contributed by atoms with Crippen LogP contribution >= 0.6 is 0 Å². The Morgan fingerprint density at radius 2 is 1.37 bits per heavy atom. The molecule has 204 valence electrons. The second-order valence-corrected chi connectivity index (χ2v) is 9.77. The van der Waals surface area contributed by atoms with Crippen LogP contribution in [0.1, 0.15) is 27.8 Å². The molecule has 0 N–H and O–H groups in total. The Morgan fingerprint density at radius 1 is 0.780 bits per heavy atom. The topological polar surface area (TPSA) is 55.0 Å². The number of pyridine rings is 1. The molecule has 41 heavy (non-hydrogen) atoms. The molecule has 5 aromatic rings. The van der Waals surface area contributed by atoms with E-state index >= 15 is 0 Å². The van der Waals surface area contributed by atoms with Crippen LogP contribution in [-0.4, -0.2) is 4.57 Å². The van der Waals surface area contributed by atoms with Gasteiger partial charge in [-0.2, -0.15) is 18.4 Å². The van der Waals surface area contributed by atoms with Crippen LogP contribution in [0.2, 0.25) is 0 Å². The molecule has 1 aromatic heterocycles. The van der Waals surface area contributed by atoms with E-state index in [2.05, 4.69) is 0 Å². The Bertz CT molecular complexity index is 1800. The summed E-state index contributed by atoms with van der Waals surface area (Å²) in [7, 11) is 0. The number of rotatable bonds is 6. The SMILES string of the molecule is Cc1ccc(Cn2c(-c3ccc(Oc4ccc(-c5ccccc5)cc4)cc3)cc(C(F)(F)F)c(C#N)c2=O)c(C)c1. The Balaban J connectivity index is 1.50. The van der Waals surface area contributed by atoms with E-state index in [0.717, 1.165) is 33.9 Å². The van der Waals surface area contributed by atoms with Gasteiger partial charge < -0.3 is 9.30 Å². The van der Waals surface area contributed by atoms with Crippen LogP contribution in [-0.2, 0) is 12.7 Å². The summed E-state index contributed by atoms with van der Waals surface area (Å²) in [5, 5.41) is 9.48. The zero-order valence-corrected chi connectivity index (χ0v) is 22.4. The first kappa shape index (κ1) is 27.5. The molecule has 0 aliphatic rings. The van der Waals surface area contributed by atoms with Crippen molar-refractivity contribution in [1.82, 2.24) is 4.57 Å². The zero-order valence-electron chi connectivity index (χ0n) is 22.4. The summed E-state index contributed by atoms with van der Waals surface area (Å²) in [5.74, 6) is 1.08. The monoisotopic (exact) mass is 550 g/mol. The first-order valence-electron chi connectivity index (χ1n) is 12.9. The fourth-order valence-corrected chi connectivity index (χ4v) is 4.74. The van der Waals surface area contributed by atoms with Crippen molar-refractivity contribution in [1.29, 1.82) is 5.26 Å². The summed E-state index contributed by atoms with van der Waals surface area (Å²) in [6.07, 6.45) is -4.87. The van der Waals surface area contributed by atoms with Gasteiger partial charge in [-0.15, -0.1) is 0 Å². The molecule has 4 nitrogen and oxygen atoms in total. The van der Waals surface area contributed by atoms with Gasteiger partial charge in [0.2, 0.25) is 0 Å². The quantitative estimate of drug-likeness (QED) is 0.213. The van der Waals surface area contributed by atoms with E-state index in [0.29, 0.717) is 17.1 Å². The number of nitriles is 1. The number of alkyl halides is 3. The van der Waals surface area contributed by atoms with E-state index in [1.54, 1.807) is 24.3 Å².